The van der Waals surface area contributed by atoms with Gasteiger partial charge in [-0.2, -0.15) is 0 Å². The molecule has 3 saturated heterocycles. The summed E-state index contributed by atoms with van der Waals surface area (Å²) in [4.78, 5) is 29.7. The van der Waals surface area contributed by atoms with Crippen molar-refractivity contribution in [3.8, 4) is 0 Å². The lowest BCUT2D eigenvalue weighted by atomic mass is 10.0. The zero-order chi connectivity index (χ0) is 16.5. The number of carbonyl (C=O) groups is 2. The van der Waals surface area contributed by atoms with Crippen molar-refractivity contribution in [2.45, 2.75) is 12.5 Å². The summed E-state index contributed by atoms with van der Waals surface area (Å²) in [5.41, 5.74) is 2.03. The lowest BCUT2D eigenvalue weighted by molar-refractivity contribution is -0.120. The normalized spacial score (nSPS) is 23.2. The predicted octanol–water partition coefficient (Wildman–Crippen LogP) is 0.227. The van der Waals surface area contributed by atoms with Crippen LogP contribution in [0.1, 0.15) is 6.42 Å². The number of piperazine rings is 1. The summed E-state index contributed by atoms with van der Waals surface area (Å²) in [5.74, 6) is -0.201. The number of benzene rings is 1. The van der Waals surface area contributed by atoms with Gasteiger partial charge in [0.2, 0.25) is 5.91 Å². The topological polar surface area (TPSA) is 67.9 Å². The van der Waals surface area contributed by atoms with Crippen LogP contribution in [0.2, 0.25) is 0 Å². The number of urea groups is 1. The van der Waals surface area contributed by atoms with Gasteiger partial charge in [0, 0.05) is 69.7 Å². The maximum atomic E-state index is 11.9. The lowest BCUT2D eigenvalue weighted by Gasteiger charge is -2.48. The molecule has 0 unspecified atom stereocenters. The first-order valence-corrected chi connectivity index (χ1v) is 8.62. The molecule has 0 saturated carbocycles. The van der Waals surface area contributed by atoms with Gasteiger partial charge in [-0.1, -0.05) is 0 Å². The number of nitrogens with one attached hydrogen (secondary N) is 2. The highest BCUT2D eigenvalue weighted by atomic mass is 16.2. The van der Waals surface area contributed by atoms with E-state index >= 15 is 0 Å². The van der Waals surface area contributed by atoms with E-state index in [1.807, 2.05) is 12.1 Å². The number of nitrogens with zero attached hydrogens (tertiary/aromatic N) is 3. The Kier molecular flexibility index (Phi) is 4.12. The Balaban J connectivity index is 1.35. The molecule has 1 aromatic carbocycles. The molecule has 3 amide bonds. The fraction of sp³-hybridized carbons (Fsp3) is 0.529. The van der Waals surface area contributed by atoms with Crippen molar-refractivity contribution in [2.24, 2.45) is 0 Å². The quantitative estimate of drug-likeness (QED) is 0.831. The van der Waals surface area contributed by atoms with Gasteiger partial charge in [0.1, 0.15) is 0 Å². The maximum absolute atomic E-state index is 11.9. The zero-order valence-electron chi connectivity index (χ0n) is 13.7. The third-order valence-corrected chi connectivity index (χ3v) is 5.11. The molecule has 0 atom stereocenters. The molecule has 0 bridgehead atoms. The van der Waals surface area contributed by atoms with Crippen LogP contribution in [0.25, 0.3) is 0 Å². The summed E-state index contributed by atoms with van der Waals surface area (Å²) < 4.78 is 0. The van der Waals surface area contributed by atoms with Crippen LogP contribution in [0.3, 0.4) is 0 Å². The van der Waals surface area contributed by atoms with Crippen LogP contribution in [0.15, 0.2) is 24.3 Å². The van der Waals surface area contributed by atoms with E-state index in [-0.39, 0.29) is 11.9 Å². The molecule has 128 valence electrons. The van der Waals surface area contributed by atoms with Gasteiger partial charge < -0.3 is 10.2 Å². The van der Waals surface area contributed by atoms with E-state index < -0.39 is 0 Å². The fourth-order valence-corrected chi connectivity index (χ4v) is 3.60. The van der Waals surface area contributed by atoms with Crippen LogP contribution in [-0.2, 0) is 4.79 Å². The molecule has 0 aromatic heterocycles. The first-order chi connectivity index (χ1) is 11.7. The van der Waals surface area contributed by atoms with Crippen LogP contribution in [0, 0.1) is 0 Å². The fourth-order valence-electron chi connectivity index (χ4n) is 3.60. The summed E-state index contributed by atoms with van der Waals surface area (Å²) >= 11 is 0. The number of hydrogen-bond donors (Lipinski definition) is 2. The molecule has 1 aromatic rings. The average Bonchev–Trinajstić information content (AvgIpc) is 2.55. The van der Waals surface area contributed by atoms with E-state index in [1.165, 1.54) is 5.69 Å². The Morgan fingerprint density at radius 3 is 2.25 bits per heavy atom. The van der Waals surface area contributed by atoms with Crippen molar-refractivity contribution in [1.82, 2.24) is 15.5 Å². The van der Waals surface area contributed by atoms with Crippen molar-refractivity contribution < 1.29 is 9.59 Å². The molecule has 0 aliphatic carbocycles. The summed E-state index contributed by atoms with van der Waals surface area (Å²) in [6.45, 7) is 7.03. The van der Waals surface area contributed by atoms with Gasteiger partial charge in [0.15, 0.2) is 0 Å². The molecule has 7 nitrogen and oxygen atoms in total. The minimum absolute atomic E-state index is 0.201. The maximum Gasteiger partial charge on any atom is 0.328 e. The Labute approximate surface area is 141 Å². The van der Waals surface area contributed by atoms with Crippen molar-refractivity contribution in [3.63, 3.8) is 0 Å². The SMILES string of the molecule is O=C1CCN(c2ccc(N3CC(N4CCNCC4)C3)cc2)C(=O)N1. The molecule has 4 rings (SSSR count). The van der Waals surface area contributed by atoms with Crippen molar-refractivity contribution in [1.29, 1.82) is 0 Å². The van der Waals surface area contributed by atoms with Crippen LogP contribution in [0.4, 0.5) is 16.2 Å². The average molecular weight is 329 g/mol. The van der Waals surface area contributed by atoms with Crippen LogP contribution in [-0.4, -0.2) is 68.7 Å². The molecule has 0 spiro atoms. The van der Waals surface area contributed by atoms with Gasteiger partial charge >= 0.3 is 6.03 Å². The Hall–Kier alpha value is -2.12. The molecule has 7 heteroatoms. The minimum Gasteiger partial charge on any atom is -0.368 e. The molecule has 3 fully saturated rings. The number of rotatable bonds is 3. The second-order valence-electron chi connectivity index (χ2n) is 6.62. The summed E-state index contributed by atoms with van der Waals surface area (Å²) in [7, 11) is 0. The van der Waals surface area contributed by atoms with Crippen molar-refractivity contribution in [2.75, 3.05) is 55.6 Å². The van der Waals surface area contributed by atoms with E-state index in [4.69, 9.17) is 0 Å². The smallest absolute Gasteiger partial charge is 0.328 e. The number of carbonyl (C=O) groups excluding carboxylic acids is 2. The third-order valence-electron chi connectivity index (χ3n) is 5.11. The van der Waals surface area contributed by atoms with Gasteiger partial charge in [0.25, 0.3) is 0 Å². The number of amides is 3. The second kappa shape index (κ2) is 6.41. The van der Waals surface area contributed by atoms with Crippen molar-refractivity contribution in [3.05, 3.63) is 24.3 Å². The molecule has 0 radical (unpaired) electrons. The van der Waals surface area contributed by atoms with E-state index in [0.29, 0.717) is 19.0 Å². The summed E-state index contributed by atoms with van der Waals surface area (Å²) in [5, 5.41) is 5.75. The molecular weight excluding hydrogens is 306 g/mol. The van der Waals surface area contributed by atoms with Gasteiger partial charge in [-0.05, 0) is 24.3 Å². The largest absolute Gasteiger partial charge is 0.368 e. The molecule has 2 N–H and O–H groups in total. The first kappa shape index (κ1) is 15.4. The first-order valence-electron chi connectivity index (χ1n) is 8.62. The lowest BCUT2D eigenvalue weighted by Crippen LogP contribution is -2.62. The number of anilines is 2. The van der Waals surface area contributed by atoms with Gasteiger partial charge in [-0.3, -0.25) is 19.9 Å². The number of imide groups is 1. The number of hydrogen-bond acceptors (Lipinski definition) is 5. The van der Waals surface area contributed by atoms with Crippen LogP contribution >= 0.6 is 0 Å². The predicted molar refractivity (Wildman–Crippen MR) is 92.4 cm³/mol. The summed E-state index contributed by atoms with van der Waals surface area (Å²) in [6.07, 6.45) is 0.353. The Morgan fingerprint density at radius 1 is 0.917 bits per heavy atom. The monoisotopic (exact) mass is 329 g/mol. The van der Waals surface area contributed by atoms with E-state index in [0.717, 1.165) is 45.0 Å². The highest BCUT2D eigenvalue weighted by molar-refractivity contribution is 6.05. The molecule has 24 heavy (non-hydrogen) atoms. The van der Waals surface area contributed by atoms with Crippen molar-refractivity contribution >= 4 is 23.3 Å². The zero-order valence-corrected chi connectivity index (χ0v) is 13.7. The van der Waals surface area contributed by atoms with Crippen LogP contribution in [0.5, 0.6) is 0 Å². The standard InChI is InChI=1S/C17H23N5O2/c23-16-5-8-22(17(24)19-16)14-3-1-13(2-4-14)21-11-15(12-21)20-9-6-18-7-10-20/h1-4,15,18H,5-12H2,(H,19,23,24). The molecule has 3 aliphatic rings. The van der Waals surface area contributed by atoms with E-state index in [1.54, 1.807) is 4.90 Å². The van der Waals surface area contributed by atoms with E-state index in [9.17, 15) is 9.59 Å². The highest BCUT2D eigenvalue weighted by Crippen LogP contribution is 2.27. The molecule has 3 aliphatic heterocycles. The Morgan fingerprint density at radius 2 is 1.58 bits per heavy atom. The van der Waals surface area contributed by atoms with Crippen LogP contribution < -0.4 is 20.4 Å². The van der Waals surface area contributed by atoms with Gasteiger partial charge in [-0.25, -0.2) is 4.79 Å². The third kappa shape index (κ3) is 2.97. The van der Waals surface area contributed by atoms with E-state index in [2.05, 4.69) is 32.6 Å². The second-order valence-corrected chi connectivity index (χ2v) is 6.62. The molecular formula is C17H23N5O2. The molecule has 3 heterocycles. The van der Waals surface area contributed by atoms with Gasteiger partial charge in [0.05, 0.1) is 0 Å². The summed E-state index contributed by atoms with van der Waals surface area (Å²) in [6, 6.07) is 8.37. The minimum atomic E-state index is -0.332. The Bertz CT molecular complexity index is 620. The van der Waals surface area contributed by atoms with Gasteiger partial charge in [-0.15, -0.1) is 0 Å². The highest BCUT2D eigenvalue weighted by Gasteiger charge is 2.32.